The van der Waals surface area contributed by atoms with E-state index in [0.717, 1.165) is 37.1 Å². The lowest BCUT2D eigenvalue weighted by atomic mass is 9.90. The monoisotopic (exact) mass is 328 g/mol. The van der Waals surface area contributed by atoms with Crippen molar-refractivity contribution in [3.63, 3.8) is 0 Å². The van der Waals surface area contributed by atoms with Crippen molar-refractivity contribution in [3.05, 3.63) is 64.9 Å². The second-order valence-electron chi connectivity index (χ2n) is 6.05. The number of pyridine rings is 1. The van der Waals surface area contributed by atoms with Crippen molar-refractivity contribution >= 4 is 17.5 Å². The molecule has 1 unspecified atom stereocenters. The quantitative estimate of drug-likeness (QED) is 0.847. The van der Waals surface area contributed by atoms with E-state index in [0.29, 0.717) is 11.4 Å². The Kier molecular flexibility index (Phi) is 5.29. The van der Waals surface area contributed by atoms with Crippen molar-refractivity contribution in [3.8, 4) is 0 Å². The molecule has 0 bridgehead atoms. The first kappa shape index (κ1) is 16.0. The molecule has 23 heavy (non-hydrogen) atoms. The van der Waals surface area contributed by atoms with Crippen LogP contribution in [0.2, 0.25) is 5.02 Å². The number of benzene rings is 1. The van der Waals surface area contributed by atoms with Gasteiger partial charge in [-0.3, -0.25) is 9.78 Å². The summed E-state index contributed by atoms with van der Waals surface area (Å²) in [7, 11) is 0. The van der Waals surface area contributed by atoms with Crippen LogP contribution >= 0.6 is 11.6 Å². The number of hydrogen-bond donors (Lipinski definition) is 0. The fraction of sp³-hybridized carbons (Fsp3) is 0.368. The number of piperidine rings is 1. The number of nitrogens with zero attached hydrogens (tertiary/aromatic N) is 2. The largest absolute Gasteiger partial charge is 0.342 e. The van der Waals surface area contributed by atoms with E-state index in [1.54, 1.807) is 12.4 Å². The van der Waals surface area contributed by atoms with Gasteiger partial charge in [0.25, 0.3) is 0 Å². The first-order valence-electron chi connectivity index (χ1n) is 8.17. The van der Waals surface area contributed by atoms with Crippen LogP contribution < -0.4 is 0 Å². The van der Waals surface area contributed by atoms with E-state index in [1.165, 1.54) is 6.42 Å². The predicted molar refractivity (Wildman–Crippen MR) is 92.6 cm³/mol. The molecular formula is C19H21ClN2O. The summed E-state index contributed by atoms with van der Waals surface area (Å²) in [5, 5.41) is 0.696. The van der Waals surface area contributed by atoms with E-state index in [4.69, 9.17) is 11.6 Å². The highest BCUT2D eigenvalue weighted by Gasteiger charge is 2.27. The average molecular weight is 329 g/mol. The van der Waals surface area contributed by atoms with Crippen LogP contribution in [-0.4, -0.2) is 28.9 Å². The summed E-state index contributed by atoms with van der Waals surface area (Å²) >= 11 is 6.00. The lowest BCUT2D eigenvalue weighted by molar-refractivity contribution is -0.133. The van der Waals surface area contributed by atoms with Gasteiger partial charge in [-0.2, -0.15) is 0 Å². The standard InChI is InChI=1S/C19H21ClN2O/c20-17-6-4-16(5-7-17)18(14-15-8-10-21-11-9-15)19(23)22-12-2-1-3-13-22/h4-11,18H,1-3,12-14H2. The number of carbonyl (C=O) groups is 1. The lowest BCUT2D eigenvalue weighted by Crippen LogP contribution is -2.39. The number of rotatable bonds is 4. The maximum absolute atomic E-state index is 13.1. The molecule has 120 valence electrons. The van der Waals surface area contributed by atoms with Crippen LogP contribution in [0.1, 0.15) is 36.3 Å². The molecule has 2 aromatic rings. The molecule has 0 N–H and O–H groups in total. The van der Waals surface area contributed by atoms with E-state index in [9.17, 15) is 4.79 Å². The van der Waals surface area contributed by atoms with Crippen molar-refractivity contribution in [2.24, 2.45) is 0 Å². The highest BCUT2D eigenvalue weighted by atomic mass is 35.5. The third-order valence-corrected chi connectivity index (χ3v) is 4.68. The smallest absolute Gasteiger partial charge is 0.230 e. The number of likely N-dealkylation sites (tertiary alicyclic amines) is 1. The van der Waals surface area contributed by atoms with Gasteiger partial charge in [-0.1, -0.05) is 23.7 Å². The van der Waals surface area contributed by atoms with Crippen molar-refractivity contribution in [2.75, 3.05) is 13.1 Å². The average Bonchev–Trinajstić information content (AvgIpc) is 2.62. The van der Waals surface area contributed by atoms with Gasteiger partial charge in [-0.15, -0.1) is 0 Å². The molecule has 0 saturated carbocycles. The Balaban J connectivity index is 1.85. The van der Waals surface area contributed by atoms with Crippen molar-refractivity contribution in [1.29, 1.82) is 0 Å². The molecule has 1 atom stereocenters. The Labute approximate surface area is 142 Å². The highest BCUT2D eigenvalue weighted by molar-refractivity contribution is 6.30. The summed E-state index contributed by atoms with van der Waals surface area (Å²) in [6, 6.07) is 11.6. The molecular weight excluding hydrogens is 308 g/mol. The Bertz CT molecular complexity index is 636. The van der Waals surface area contributed by atoms with Gasteiger partial charge in [0.2, 0.25) is 5.91 Å². The predicted octanol–water partition coefficient (Wildman–Crippen LogP) is 4.07. The van der Waals surface area contributed by atoms with Crippen LogP contribution in [0, 0.1) is 0 Å². The molecule has 1 aromatic carbocycles. The fourth-order valence-electron chi connectivity index (χ4n) is 3.13. The van der Waals surface area contributed by atoms with Gasteiger partial charge >= 0.3 is 0 Å². The molecule has 1 aliphatic heterocycles. The van der Waals surface area contributed by atoms with Gasteiger partial charge in [-0.25, -0.2) is 0 Å². The number of hydrogen-bond acceptors (Lipinski definition) is 2. The molecule has 2 heterocycles. The number of halogens is 1. The first-order chi connectivity index (χ1) is 11.2. The van der Waals surface area contributed by atoms with E-state index in [1.807, 2.05) is 41.3 Å². The van der Waals surface area contributed by atoms with E-state index in [-0.39, 0.29) is 11.8 Å². The Morgan fingerprint density at radius 3 is 2.35 bits per heavy atom. The van der Waals surface area contributed by atoms with Gasteiger partial charge in [-0.05, 0) is 61.1 Å². The molecule has 1 fully saturated rings. The zero-order valence-electron chi connectivity index (χ0n) is 13.1. The van der Waals surface area contributed by atoms with Gasteiger partial charge in [0, 0.05) is 30.5 Å². The zero-order chi connectivity index (χ0) is 16.1. The summed E-state index contributed by atoms with van der Waals surface area (Å²) in [6.07, 6.45) is 7.68. The number of amides is 1. The van der Waals surface area contributed by atoms with Crippen LogP contribution in [0.15, 0.2) is 48.8 Å². The molecule has 1 aliphatic rings. The number of carbonyl (C=O) groups excluding carboxylic acids is 1. The van der Waals surface area contributed by atoms with Gasteiger partial charge in [0.1, 0.15) is 0 Å². The molecule has 0 aliphatic carbocycles. The Morgan fingerprint density at radius 1 is 1.04 bits per heavy atom. The molecule has 4 heteroatoms. The summed E-state index contributed by atoms with van der Waals surface area (Å²) in [5.74, 6) is 0.0663. The van der Waals surface area contributed by atoms with Gasteiger partial charge in [0.05, 0.1) is 5.92 Å². The fourth-order valence-corrected chi connectivity index (χ4v) is 3.26. The lowest BCUT2D eigenvalue weighted by Gasteiger charge is -2.30. The van der Waals surface area contributed by atoms with Crippen LogP contribution in [0.5, 0.6) is 0 Å². The zero-order valence-corrected chi connectivity index (χ0v) is 13.9. The second kappa shape index (κ2) is 7.60. The van der Waals surface area contributed by atoms with Crippen LogP contribution in [0.25, 0.3) is 0 Å². The first-order valence-corrected chi connectivity index (χ1v) is 8.55. The van der Waals surface area contributed by atoms with E-state index < -0.39 is 0 Å². The third-order valence-electron chi connectivity index (χ3n) is 4.43. The molecule has 1 saturated heterocycles. The third kappa shape index (κ3) is 4.11. The topological polar surface area (TPSA) is 33.2 Å². The van der Waals surface area contributed by atoms with Crippen molar-refractivity contribution < 1.29 is 4.79 Å². The molecule has 0 spiro atoms. The Hall–Kier alpha value is -1.87. The van der Waals surface area contributed by atoms with E-state index in [2.05, 4.69) is 4.98 Å². The molecule has 3 rings (SSSR count). The number of aromatic nitrogens is 1. The summed E-state index contributed by atoms with van der Waals surface area (Å²) in [4.78, 5) is 19.1. The molecule has 1 aromatic heterocycles. The van der Waals surface area contributed by atoms with Crippen LogP contribution in [-0.2, 0) is 11.2 Å². The highest BCUT2D eigenvalue weighted by Crippen LogP contribution is 2.26. The van der Waals surface area contributed by atoms with Crippen molar-refractivity contribution in [2.45, 2.75) is 31.6 Å². The maximum atomic E-state index is 13.1. The van der Waals surface area contributed by atoms with Crippen LogP contribution in [0.4, 0.5) is 0 Å². The minimum absolute atomic E-state index is 0.159. The minimum atomic E-state index is -0.159. The second-order valence-corrected chi connectivity index (χ2v) is 6.49. The molecule has 0 radical (unpaired) electrons. The van der Waals surface area contributed by atoms with E-state index >= 15 is 0 Å². The SMILES string of the molecule is O=C(C(Cc1ccncc1)c1ccc(Cl)cc1)N1CCCCC1. The van der Waals surface area contributed by atoms with Crippen LogP contribution in [0.3, 0.4) is 0 Å². The van der Waals surface area contributed by atoms with Gasteiger partial charge < -0.3 is 4.90 Å². The molecule has 1 amide bonds. The summed E-state index contributed by atoms with van der Waals surface area (Å²) in [5.41, 5.74) is 2.16. The summed E-state index contributed by atoms with van der Waals surface area (Å²) < 4.78 is 0. The van der Waals surface area contributed by atoms with Crippen molar-refractivity contribution in [1.82, 2.24) is 9.88 Å². The minimum Gasteiger partial charge on any atom is -0.342 e. The molecule has 3 nitrogen and oxygen atoms in total. The van der Waals surface area contributed by atoms with Gasteiger partial charge in [0.15, 0.2) is 0 Å². The summed E-state index contributed by atoms with van der Waals surface area (Å²) in [6.45, 7) is 1.75. The normalized spacial score (nSPS) is 16.1. The Morgan fingerprint density at radius 2 is 1.70 bits per heavy atom. The maximum Gasteiger partial charge on any atom is 0.230 e.